The zero-order chi connectivity index (χ0) is 22.8. The number of H-pyrrole nitrogens is 2. The summed E-state index contributed by atoms with van der Waals surface area (Å²) < 4.78 is 5.92. The van der Waals surface area contributed by atoms with Crippen LogP contribution in [0.25, 0.3) is 67.4 Å². The molecule has 34 heavy (non-hydrogen) atoms. The van der Waals surface area contributed by atoms with E-state index in [9.17, 15) is 9.90 Å². The Labute approximate surface area is 190 Å². The van der Waals surface area contributed by atoms with Gasteiger partial charge in [0.05, 0.1) is 33.2 Å². The van der Waals surface area contributed by atoms with Crippen molar-refractivity contribution in [1.29, 1.82) is 0 Å². The van der Waals surface area contributed by atoms with Gasteiger partial charge in [0.2, 0.25) is 0 Å². The summed E-state index contributed by atoms with van der Waals surface area (Å²) in [5, 5.41) is 10.7. The van der Waals surface area contributed by atoms with Crippen LogP contribution in [0.3, 0.4) is 0 Å². The third-order valence-electron chi connectivity index (χ3n) is 5.89. The molecule has 8 heteroatoms. The molecule has 0 spiro atoms. The van der Waals surface area contributed by atoms with Crippen LogP contribution in [0.4, 0.5) is 0 Å². The molecule has 0 saturated heterocycles. The molecule has 0 unspecified atom stereocenters. The van der Waals surface area contributed by atoms with Crippen LogP contribution in [0.2, 0.25) is 0 Å². The summed E-state index contributed by atoms with van der Waals surface area (Å²) in [5.74, 6) is 1.33. The van der Waals surface area contributed by atoms with Gasteiger partial charge in [-0.15, -0.1) is 0 Å². The van der Waals surface area contributed by atoms with Gasteiger partial charge in [-0.25, -0.2) is 15.0 Å². The van der Waals surface area contributed by atoms with Crippen LogP contribution >= 0.6 is 0 Å². The van der Waals surface area contributed by atoms with E-state index in [4.69, 9.17) is 9.40 Å². The Morgan fingerprint density at radius 2 is 1.35 bits per heavy atom. The Morgan fingerprint density at radius 1 is 0.706 bits per heavy atom. The van der Waals surface area contributed by atoms with E-state index in [0.717, 1.165) is 22.1 Å². The smallest absolute Gasteiger partial charge is 0.193 e. The highest BCUT2D eigenvalue weighted by atomic mass is 16.3. The number of hydrogen-bond donors (Lipinski definition) is 3. The normalized spacial score (nSPS) is 11.8. The summed E-state index contributed by atoms with van der Waals surface area (Å²) in [5.41, 5.74) is 5.35. The van der Waals surface area contributed by atoms with Crippen LogP contribution in [0.1, 0.15) is 0 Å². The monoisotopic (exact) mass is 445 g/mol. The molecule has 3 aromatic carbocycles. The predicted molar refractivity (Wildman–Crippen MR) is 129 cm³/mol. The largest absolute Gasteiger partial charge is 0.507 e. The molecule has 0 bridgehead atoms. The predicted octanol–water partition coefficient (Wildman–Crippen LogP) is 5.09. The van der Waals surface area contributed by atoms with Crippen molar-refractivity contribution in [3.63, 3.8) is 0 Å². The second-order valence-electron chi connectivity index (χ2n) is 8.07. The number of nitrogens with one attached hydrogen (secondary N) is 2. The number of aromatic amines is 2. The molecular formula is C26H15N5O3. The van der Waals surface area contributed by atoms with Gasteiger partial charge in [0.1, 0.15) is 28.6 Å². The van der Waals surface area contributed by atoms with Crippen molar-refractivity contribution < 1.29 is 9.52 Å². The topological polar surface area (TPSA) is 121 Å². The highest BCUT2D eigenvalue weighted by Crippen LogP contribution is 2.35. The standard InChI is InChI=1S/C26H15N5O3/c32-21-11-23-19(9-13(21)25-28-15-5-1-2-6-16(15)29-25)27-20-10-14(22(33)12-24(20)34-23)26-30-17-7-3-4-8-18(17)31-26/h1-12,32H,(H,28,29)(H,30,31). The van der Waals surface area contributed by atoms with Crippen molar-refractivity contribution in [2.45, 2.75) is 0 Å². The summed E-state index contributed by atoms with van der Waals surface area (Å²) in [7, 11) is 0. The third-order valence-corrected chi connectivity index (χ3v) is 5.89. The zero-order valence-corrected chi connectivity index (χ0v) is 17.5. The first-order valence-corrected chi connectivity index (χ1v) is 10.6. The van der Waals surface area contributed by atoms with E-state index in [1.807, 2.05) is 48.5 Å². The molecule has 0 fully saturated rings. The molecular weight excluding hydrogens is 430 g/mol. The molecule has 1 aliphatic carbocycles. The first-order chi connectivity index (χ1) is 16.6. The molecule has 3 heterocycles. The summed E-state index contributed by atoms with van der Waals surface area (Å²) in [6.07, 6.45) is 0. The zero-order valence-electron chi connectivity index (χ0n) is 17.5. The van der Waals surface area contributed by atoms with E-state index < -0.39 is 0 Å². The molecule has 162 valence electrons. The van der Waals surface area contributed by atoms with Crippen molar-refractivity contribution in [2.75, 3.05) is 0 Å². The number of aromatic hydroxyl groups is 1. The fourth-order valence-corrected chi connectivity index (χ4v) is 4.23. The number of benzene rings is 4. The molecule has 2 aromatic heterocycles. The van der Waals surface area contributed by atoms with E-state index in [1.54, 1.807) is 12.1 Å². The Hall–Kier alpha value is -4.98. The van der Waals surface area contributed by atoms with Crippen LogP contribution in [0.15, 0.2) is 82.0 Å². The number of imidazole rings is 2. The van der Waals surface area contributed by atoms with Crippen LogP contribution in [-0.4, -0.2) is 30.0 Å². The van der Waals surface area contributed by atoms with Gasteiger partial charge in [-0.3, -0.25) is 4.79 Å². The van der Waals surface area contributed by atoms with E-state index in [2.05, 4.69) is 19.9 Å². The molecule has 0 amide bonds. The fraction of sp³-hybridized carbons (Fsp3) is 0. The molecule has 0 radical (unpaired) electrons. The SMILES string of the molecule is O=c1cc2oc3cc(O)c(-c4nc5ccccc5[nH]4)cc3nc-2cc1-c1nc2ccccc2[nH]1. The fourth-order valence-electron chi connectivity index (χ4n) is 4.23. The average molecular weight is 445 g/mol. The Morgan fingerprint density at radius 3 is 2.03 bits per heavy atom. The van der Waals surface area contributed by atoms with Gasteiger partial charge in [0, 0.05) is 12.1 Å². The quantitative estimate of drug-likeness (QED) is 0.319. The number of nitrogens with zero attached hydrogens (tertiary/aromatic N) is 3. The maximum absolute atomic E-state index is 12.8. The maximum atomic E-state index is 12.8. The molecule has 5 aromatic rings. The summed E-state index contributed by atoms with van der Waals surface area (Å²) in [6.45, 7) is 0. The van der Waals surface area contributed by atoms with Gasteiger partial charge < -0.3 is 19.5 Å². The van der Waals surface area contributed by atoms with Gasteiger partial charge >= 0.3 is 0 Å². The van der Waals surface area contributed by atoms with Gasteiger partial charge in [0.25, 0.3) is 0 Å². The summed E-state index contributed by atoms with van der Waals surface area (Å²) >= 11 is 0. The maximum Gasteiger partial charge on any atom is 0.193 e. The third kappa shape index (κ3) is 2.79. The van der Waals surface area contributed by atoms with Gasteiger partial charge in [-0.05, 0) is 36.4 Å². The lowest BCUT2D eigenvalue weighted by Gasteiger charge is -2.09. The lowest BCUT2D eigenvalue weighted by atomic mass is 10.1. The Balaban J connectivity index is 1.41. The van der Waals surface area contributed by atoms with Crippen LogP contribution in [0, 0.1) is 0 Å². The number of phenolic OH excluding ortho intramolecular Hbond substituents is 1. The number of rotatable bonds is 2. The van der Waals surface area contributed by atoms with Gasteiger partial charge in [0.15, 0.2) is 16.8 Å². The lowest BCUT2D eigenvalue weighted by Crippen LogP contribution is -2.06. The first kappa shape index (κ1) is 18.6. The minimum absolute atomic E-state index is 0.00213. The summed E-state index contributed by atoms with van der Waals surface area (Å²) in [6, 6.07) is 21.5. The van der Waals surface area contributed by atoms with E-state index in [0.29, 0.717) is 45.3 Å². The molecule has 0 saturated carbocycles. The number of aromatic nitrogens is 5. The van der Waals surface area contributed by atoms with E-state index in [1.165, 1.54) is 12.1 Å². The molecule has 3 N–H and O–H groups in total. The van der Waals surface area contributed by atoms with E-state index in [-0.39, 0.29) is 11.2 Å². The number of para-hydroxylation sites is 4. The number of hydrogen-bond acceptors (Lipinski definition) is 6. The molecule has 7 rings (SSSR count). The van der Waals surface area contributed by atoms with Crippen molar-refractivity contribution in [3.05, 3.63) is 83.0 Å². The van der Waals surface area contributed by atoms with Crippen molar-refractivity contribution >= 4 is 33.2 Å². The molecule has 0 atom stereocenters. The number of phenols is 1. The van der Waals surface area contributed by atoms with Crippen LogP contribution < -0.4 is 5.43 Å². The summed E-state index contributed by atoms with van der Waals surface area (Å²) in [4.78, 5) is 33.1. The first-order valence-electron chi connectivity index (χ1n) is 10.6. The highest BCUT2D eigenvalue weighted by molar-refractivity contribution is 5.88. The average Bonchev–Trinajstić information content (AvgIpc) is 3.46. The minimum Gasteiger partial charge on any atom is -0.507 e. The van der Waals surface area contributed by atoms with Crippen molar-refractivity contribution in [1.82, 2.24) is 24.9 Å². The number of fused-ring (bicyclic) bond motifs is 4. The second-order valence-corrected chi connectivity index (χ2v) is 8.07. The highest BCUT2D eigenvalue weighted by Gasteiger charge is 2.19. The Kier molecular flexibility index (Phi) is 3.69. The Bertz CT molecular complexity index is 1850. The van der Waals surface area contributed by atoms with Crippen molar-refractivity contribution in [3.8, 4) is 40.0 Å². The molecule has 1 aliphatic heterocycles. The second kappa shape index (κ2) is 6.76. The van der Waals surface area contributed by atoms with Crippen molar-refractivity contribution in [2.24, 2.45) is 0 Å². The molecule has 2 aliphatic rings. The van der Waals surface area contributed by atoms with Crippen LogP contribution in [-0.2, 0) is 0 Å². The lowest BCUT2D eigenvalue weighted by molar-refractivity contribution is 0.475. The minimum atomic E-state index is -0.237. The van der Waals surface area contributed by atoms with Crippen LogP contribution in [0.5, 0.6) is 5.75 Å². The van der Waals surface area contributed by atoms with Gasteiger partial charge in [-0.1, -0.05) is 24.3 Å². The van der Waals surface area contributed by atoms with Gasteiger partial charge in [-0.2, -0.15) is 0 Å². The van der Waals surface area contributed by atoms with E-state index >= 15 is 0 Å². The molecule has 8 nitrogen and oxygen atoms in total.